The lowest BCUT2D eigenvalue weighted by Crippen LogP contribution is -2.41. The first-order valence-corrected chi connectivity index (χ1v) is 9.74. The van der Waals surface area contributed by atoms with Crippen LogP contribution < -0.4 is 10.9 Å². The van der Waals surface area contributed by atoms with E-state index in [4.69, 9.17) is 0 Å². The lowest BCUT2D eigenvalue weighted by molar-refractivity contribution is 0.0849. The average Bonchev–Trinajstić information content (AvgIpc) is 3.33. The molecule has 0 aliphatic heterocycles. The molecule has 2 aromatic heterocycles. The lowest BCUT2D eigenvalue weighted by Gasteiger charge is -2.16. The minimum Gasteiger partial charge on any atom is -0.267 e. The van der Waals surface area contributed by atoms with Gasteiger partial charge in [-0.15, -0.1) is 11.3 Å². The monoisotopic (exact) mass is 380 g/mol. The van der Waals surface area contributed by atoms with Gasteiger partial charge in [0.2, 0.25) is 0 Å². The summed E-state index contributed by atoms with van der Waals surface area (Å²) in [6.07, 6.45) is 6.31. The third-order valence-electron chi connectivity index (χ3n) is 4.71. The molecule has 3 aromatic rings. The number of carbonyl (C=O) groups is 2. The number of amides is 2. The number of hydrogen-bond acceptors (Lipinski definition) is 4. The molecule has 2 N–H and O–H groups in total. The smallest absolute Gasteiger partial charge is 0.267 e. The van der Waals surface area contributed by atoms with E-state index in [-0.39, 0.29) is 5.91 Å². The maximum Gasteiger partial charge on any atom is 0.279 e. The molecule has 138 valence electrons. The Morgan fingerprint density at radius 2 is 1.96 bits per heavy atom. The predicted octanol–water partition coefficient (Wildman–Crippen LogP) is 3.13. The van der Waals surface area contributed by atoms with E-state index >= 15 is 0 Å². The average molecular weight is 380 g/mol. The van der Waals surface area contributed by atoms with Crippen LogP contribution >= 0.6 is 11.3 Å². The highest BCUT2D eigenvalue weighted by atomic mass is 32.1. The second kappa shape index (κ2) is 7.36. The molecule has 1 aliphatic rings. The van der Waals surface area contributed by atoms with Crippen molar-refractivity contribution in [3.63, 3.8) is 0 Å². The van der Waals surface area contributed by atoms with E-state index in [1.165, 1.54) is 28.0 Å². The van der Waals surface area contributed by atoms with Crippen LogP contribution in [0.5, 0.6) is 0 Å². The second-order valence-electron chi connectivity index (χ2n) is 6.82. The van der Waals surface area contributed by atoms with Crippen molar-refractivity contribution in [1.29, 1.82) is 0 Å². The van der Waals surface area contributed by atoms with Gasteiger partial charge in [0.15, 0.2) is 0 Å². The van der Waals surface area contributed by atoms with Crippen molar-refractivity contribution in [3.8, 4) is 5.69 Å². The number of nitrogens with zero attached hydrogens (tertiary/aromatic N) is 2. The maximum absolute atomic E-state index is 12.4. The molecule has 0 saturated heterocycles. The van der Waals surface area contributed by atoms with Crippen molar-refractivity contribution >= 4 is 23.2 Å². The van der Waals surface area contributed by atoms with Gasteiger partial charge >= 0.3 is 0 Å². The molecule has 0 unspecified atom stereocenters. The fraction of sp³-hybridized carbons (Fsp3) is 0.250. The van der Waals surface area contributed by atoms with Gasteiger partial charge < -0.3 is 0 Å². The number of carbonyl (C=O) groups excluding carboxylic acids is 2. The topological polar surface area (TPSA) is 76.0 Å². The van der Waals surface area contributed by atoms with Gasteiger partial charge in [-0.2, -0.15) is 5.10 Å². The number of fused-ring (bicyclic) bond motifs is 1. The van der Waals surface area contributed by atoms with Crippen LogP contribution in [0.15, 0.2) is 48.8 Å². The summed E-state index contributed by atoms with van der Waals surface area (Å²) in [5, 5.41) is 4.19. The standard InChI is InChI=1S/C20H20N4O2S/c1-13-7-8-17-14(9-13)10-18(27-17)20(26)23-22-19(25)15-11-21-24(12-15)16-5-3-2-4-6-16/h2-6,10-13H,7-9H2,1H3,(H,22,25)(H,23,26)/t13-/m1/s1. The molecule has 2 heterocycles. The Morgan fingerprint density at radius 3 is 2.78 bits per heavy atom. The van der Waals surface area contributed by atoms with E-state index in [9.17, 15) is 9.59 Å². The van der Waals surface area contributed by atoms with Gasteiger partial charge in [-0.25, -0.2) is 4.68 Å². The van der Waals surface area contributed by atoms with Crippen LogP contribution in [0.3, 0.4) is 0 Å². The summed E-state index contributed by atoms with van der Waals surface area (Å²) in [5.74, 6) is -0.0322. The SMILES string of the molecule is C[C@@H]1CCc2sc(C(=O)NNC(=O)c3cnn(-c4ccccc4)c3)cc2C1. The molecule has 1 atom stereocenters. The van der Waals surface area contributed by atoms with Crippen LogP contribution in [0.4, 0.5) is 0 Å². The Kier molecular flexibility index (Phi) is 4.77. The van der Waals surface area contributed by atoms with E-state index in [1.807, 2.05) is 36.4 Å². The van der Waals surface area contributed by atoms with Gasteiger partial charge in [0.1, 0.15) is 0 Å². The zero-order chi connectivity index (χ0) is 18.8. The van der Waals surface area contributed by atoms with Gasteiger partial charge in [-0.3, -0.25) is 20.4 Å². The van der Waals surface area contributed by atoms with Crippen LogP contribution in [0.1, 0.15) is 43.8 Å². The Balaban J connectivity index is 1.38. The molecule has 27 heavy (non-hydrogen) atoms. The molecule has 1 aromatic carbocycles. The quantitative estimate of drug-likeness (QED) is 0.686. The fourth-order valence-electron chi connectivity index (χ4n) is 3.23. The number of thiophene rings is 1. The number of aromatic nitrogens is 2. The van der Waals surface area contributed by atoms with E-state index in [2.05, 4.69) is 22.9 Å². The van der Waals surface area contributed by atoms with Crippen LogP contribution in [0.25, 0.3) is 5.69 Å². The highest BCUT2D eigenvalue weighted by molar-refractivity contribution is 7.14. The first kappa shape index (κ1) is 17.5. The fourth-order valence-corrected chi connectivity index (χ4v) is 4.33. The summed E-state index contributed by atoms with van der Waals surface area (Å²) in [6.45, 7) is 2.23. The Hall–Kier alpha value is -2.93. The number of hydrogen-bond donors (Lipinski definition) is 2. The van der Waals surface area contributed by atoms with Crippen molar-refractivity contribution in [2.45, 2.75) is 26.2 Å². The van der Waals surface area contributed by atoms with Gasteiger partial charge in [0.25, 0.3) is 11.8 Å². The van der Waals surface area contributed by atoms with Crippen LogP contribution in [-0.2, 0) is 12.8 Å². The van der Waals surface area contributed by atoms with Gasteiger partial charge in [-0.05, 0) is 48.9 Å². The number of aryl methyl sites for hydroxylation is 1. The molecular formula is C20H20N4O2S. The summed E-state index contributed by atoms with van der Waals surface area (Å²) in [7, 11) is 0. The summed E-state index contributed by atoms with van der Waals surface area (Å²) < 4.78 is 1.62. The Bertz CT molecular complexity index is 977. The highest BCUT2D eigenvalue weighted by Gasteiger charge is 2.21. The minimum atomic E-state index is -0.402. The molecule has 2 amide bonds. The summed E-state index contributed by atoms with van der Waals surface area (Å²) in [6, 6.07) is 11.5. The number of para-hydroxylation sites is 1. The van der Waals surface area contributed by atoms with Crippen molar-refractivity contribution in [2.75, 3.05) is 0 Å². The van der Waals surface area contributed by atoms with Crippen molar-refractivity contribution < 1.29 is 9.59 Å². The first-order chi connectivity index (χ1) is 13.1. The Labute approximate surface area is 161 Å². The maximum atomic E-state index is 12.4. The lowest BCUT2D eigenvalue weighted by atomic mass is 9.90. The van der Waals surface area contributed by atoms with E-state index in [0.717, 1.165) is 24.9 Å². The second-order valence-corrected chi connectivity index (χ2v) is 7.96. The molecule has 0 saturated carbocycles. The number of nitrogens with one attached hydrogen (secondary N) is 2. The molecule has 4 rings (SSSR count). The number of rotatable bonds is 3. The molecule has 1 aliphatic carbocycles. The van der Waals surface area contributed by atoms with Crippen LogP contribution in [0.2, 0.25) is 0 Å². The van der Waals surface area contributed by atoms with Gasteiger partial charge in [0.05, 0.1) is 22.3 Å². The van der Waals surface area contributed by atoms with Crippen LogP contribution in [0, 0.1) is 5.92 Å². The third kappa shape index (κ3) is 3.78. The zero-order valence-electron chi connectivity index (χ0n) is 14.9. The third-order valence-corrected chi connectivity index (χ3v) is 5.94. The van der Waals surface area contributed by atoms with E-state index in [1.54, 1.807) is 10.9 Å². The van der Waals surface area contributed by atoms with E-state index in [0.29, 0.717) is 16.4 Å². The largest absolute Gasteiger partial charge is 0.279 e. The van der Waals surface area contributed by atoms with E-state index < -0.39 is 5.91 Å². The van der Waals surface area contributed by atoms with Crippen molar-refractivity contribution in [3.05, 3.63) is 69.7 Å². The Morgan fingerprint density at radius 1 is 1.19 bits per heavy atom. The van der Waals surface area contributed by atoms with Crippen molar-refractivity contribution in [1.82, 2.24) is 20.6 Å². The summed E-state index contributed by atoms with van der Waals surface area (Å²) >= 11 is 1.51. The molecule has 0 radical (unpaired) electrons. The highest BCUT2D eigenvalue weighted by Crippen LogP contribution is 2.32. The molecule has 7 heteroatoms. The van der Waals surface area contributed by atoms with Crippen molar-refractivity contribution in [2.24, 2.45) is 5.92 Å². The molecule has 0 fully saturated rings. The summed E-state index contributed by atoms with van der Waals surface area (Å²) in [5.41, 5.74) is 7.46. The minimum absolute atomic E-state index is 0.286. The molecule has 6 nitrogen and oxygen atoms in total. The van der Waals surface area contributed by atoms with Gasteiger partial charge in [-0.1, -0.05) is 25.1 Å². The first-order valence-electron chi connectivity index (χ1n) is 8.92. The zero-order valence-corrected chi connectivity index (χ0v) is 15.8. The normalized spacial score (nSPS) is 15.8. The molecule has 0 spiro atoms. The van der Waals surface area contributed by atoms with Crippen LogP contribution in [-0.4, -0.2) is 21.6 Å². The van der Waals surface area contributed by atoms with Gasteiger partial charge in [0, 0.05) is 11.1 Å². The number of hydrazine groups is 1. The molecular weight excluding hydrogens is 360 g/mol. The summed E-state index contributed by atoms with van der Waals surface area (Å²) in [4.78, 5) is 26.6. The molecule has 0 bridgehead atoms. The number of benzene rings is 1. The predicted molar refractivity (Wildman–Crippen MR) is 104 cm³/mol.